The smallest absolute Gasteiger partial charge is 0.222 e. The number of aliphatic hydroxyl groups excluding tert-OH is 8. The minimum Gasteiger partial charge on any atom is -0.394 e. The van der Waals surface area contributed by atoms with Crippen LogP contribution >= 0.6 is 0 Å². The van der Waals surface area contributed by atoms with Crippen molar-refractivity contribution in [3.63, 3.8) is 0 Å². The molecule has 232 valence electrons. The molecule has 0 aromatic rings. The number of carbonyl (C=O) groups is 1. The van der Waals surface area contributed by atoms with Gasteiger partial charge < -0.3 is 55.2 Å². The predicted octanol–water partition coefficient (Wildman–Crippen LogP) is -0.594. The lowest BCUT2D eigenvalue weighted by molar-refractivity contribution is -0.327. The second kappa shape index (κ2) is 20.0. The summed E-state index contributed by atoms with van der Waals surface area (Å²) < 4.78 is 10.6. The Bertz CT molecular complexity index is 641. The number of carbonyl (C=O) groups excluding carboxylic acids is 1. The fraction of sp³-hybridized carbons (Fsp3) is 0.963. The van der Waals surface area contributed by atoms with Gasteiger partial charge >= 0.3 is 0 Å². The summed E-state index contributed by atoms with van der Waals surface area (Å²) >= 11 is 0. The molecule has 39 heavy (non-hydrogen) atoms. The average molecular weight is 568 g/mol. The minimum absolute atomic E-state index is 0.216. The fourth-order valence-corrected chi connectivity index (χ4v) is 4.68. The molecule has 0 saturated carbocycles. The maximum atomic E-state index is 12.5. The van der Waals surface area contributed by atoms with E-state index < -0.39 is 68.3 Å². The summed E-state index contributed by atoms with van der Waals surface area (Å²) in [7, 11) is 1.48. The molecule has 1 fully saturated rings. The van der Waals surface area contributed by atoms with E-state index in [9.17, 15) is 45.6 Å². The fourth-order valence-electron chi connectivity index (χ4n) is 4.68. The minimum atomic E-state index is -1.82. The summed E-state index contributed by atoms with van der Waals surface area (Å²) in [6.07, 6.45) is -1.99. The largest absolute Gasteiger partial charge is 0.394 e. The monoisotopic (exact) mass is 567 g/mol. The van der Waals surface area contributed by atoms with E-state index in [1.54, 1.807) is 0 Å². The Balaban J connectivity index is 2.47. The van der Waals surface area contributed by atoms with Gasteiger partial charge in [0, 0.05) is 20.0 Å². The Labute approximate surface area is 232 Å². The van der Waals surface area contributed by atoms with Crippen LogP contribution in [0.5, 0.6) is 0 Å². The van der Waals surface area contributed by atoms with Crippen LogP contribution in [0.15, 0.2) is 0 Å². The second-order valence-corrected chi connectivity index (χ2v) is 10.7. The van der Waals surface area contributed by atoms with Gasteiger partial charge in [-0.25, -0.2) is 0 Å². The van der Waals surface area contributed by atoms with Crippen LogP contribution in [-0.2, 0) is 14.3 Å². The molecule has 1 amide bonds. The Kier molecular flexibility index (Phi) is 18.5. The Morgan fingerprint density at radius 2 is 1.36 bits per heavy atom. The van der Waals surface area contributed by atoms with E-state index in [1.165, 1.54) is 56.9 Å². The van der Waals surface area contributed by atoms with E-state index in [-0.39, 0.29) is 12.5 Å². The second-order valence-electron chi connectivity index (χ2n) is 10.7. The van der Waals surface area contributed by atoms with Crippen molar-refractivity contribution in [2.45, 2.75) is 139 Å². The van der Waals surface area contributed by atoms with E-state index in [4.69, 9.17) is 9.47 Å². The molecule has 0 unspecified atom stereocenters. The molecular formula is C27H53NO11. The maximum Gasteiger partial charge on any atom is 0.222 e. The normalized spacial score (nSPS) is 26.7. The number of ether oxygens (including phenoxy) is 2. The lowest BCUT2D eigenvalue weighted by Crippen LogP contribution is -2.61. The highest BCUT2D eigenvalue weighted by molar-refractivity contribution is 5.75. The molecule has 1 aliphatic heterocycles. The van der Waals surface area contributed by atoms with Gasteiger partial charge in [-0.2, -0.15) is 0 Å². The Morgan fingerprint density at radius 3 is 1.87 bits per heavy atom. The molecular weight excluding hydrogens is 514 g/mol. The SMILES string of the molecule is CCCCCCCCCCCCCC(=O)N(C)C[C@H](O)[C@@H](O)[C@H](O[C@@H]1O[C@H](CO)[C@H](O)[C@H](O)[C@H]1O)[C@H](O)CO. The van der Waals surface area contributed by atoms with Crippen LogP contribution < -0.4 is 0 Å². The van der Waals surface area contributed by atoms with Gasteiger partial charge in [0.25, 0.3) is 0 Å². The van der Waals surface area contributed by atoms with Crippen molar-refractivity contribution in [2.24, 2.45) is 0 Å². The number of hydrogen-bond acceptors (Lipinski definition) is 11. The van der Waals surface area contributed by atoms with Crippen molar-refractivity contribution in [1.82, 2.24) is 4.90 Å². The van der Waals surface area contributed by atoms with E-state index in [1.807, 2.05) is 0 Å². The summed E-state index contributed by atoms with van der Waals surface area (Å²) in [6, 6.07) is 0. The summed E-state index contributed by atoms with van der Waals surface area (Å²) in [4.78, 5) is 13.8. The third-order valence-electron chi connectivity index (χ3n) is 7.32. The van der Waals surface area contributed by atoms with E-state index >= 15 is 0 Å². The number of nitrogens with zero attached hydrogens (tertiary/aromatic N) is 1. The summed E-state index contributed by atoms with van der Waals surface area (Å²) in [6.45, 7) is 0.333. The number of amides is 1. The van der Waals surface area contributed by atoms with Crippen LogP contribution in [0, 0.1) is 0 Å². The Hall–Kier alpha value is -0.930. The van der Waals surface area contributed by atoms with Crippen molar-refractivity contribution < 1.29 is 55.1 Å². The van der Waals surface area contributed by atoms with Crippen molar-refractivity contribution >= 4 is 5.91 Å². The van der Waals surface area contributed by atoms with Crippen LogP contribution in [0.2, 0.25) is 0 Å². The third kappa shape index (κ3) is 12.6. The van der Waals surface area contributed by atoms with Gasteiger partial charge in [-0.15, -0.1) is 0 Å². The van der Waals surface area contributed by atoms with Crippen LogP contribution in [0.3, 0.4) is 0 Å². The first kappa shape index (κ1) is 36.1. The quantitative estimate of drug-likeness (QED) is 0.0824. The number of likely N-dealkylation sites (N-methyl/N-ethyl adjacent to an activating group) is 1. The third-order valence-corrected chi connectivity index (χ3v) is 7.32. The summed E-state index contributed by atoms with van der Waals surface area (Å²) in [5, 5.41) is 80.2. The molecule has 1 saturated heterocycles. The van der Waals surface area contributed by atoms with Gasteiger partial charge in [-0.05, 0) is 6.42 Å². The van der Waals surface area contributed by atoms with Crippen molar-refractivity contribution in [2.75, 3.05) is 26.8 Å². The number of aliphatic hydroxyl groups is 8. The molecule has 0 aromatic carbocycles. The van der Waals surface area contributed by atoms with Gasteiger partial charge in [-0.1, -0.05) is 71.1 Å². The zero-order chi connectivity index (χ0) is 29.4. The van der Waals surface area contributed by atoms with Crippen LogP contribution in [0.4, 0.5) is 0 Å². The van der Waals surface area contributed by atoms with Gasteiger partial charge in [0.15, 0.2) is 6.29 Å². The van der Waals surface area contributed by atoms with Gasteiger partial charge in [0.2, 0.25) is 5.91 Å². The molecule has 12 nitrogen and oxygen atoms in total. The first-order valence-electron chi connectivity index (χ1n) is 14.4. The van der Waals surface area contributed by atoms with Crippen molar-refractivity contribution in [3.05, 3.63) is 0 Å². The molecule has 0 spiro atoms. The highest BCUT2D eigenvalue weighted by Gasteiger charge is 2.46. The van der Waals surface area contributed by atoms with E-state index in [0.29, 0.717) is 12.8 Å². The van der Waals surface area contributed by atoms with Crippen LogP contribution in [0.1, 0.15) is 84.0 Å². The molecule has 8 N–H and O–H groups in total. The molecule has 9 atom stereocenters. The van der Waals surface area contributed by atoms with Gasteiger partial charge in [-0.3, -0.25) is 4.79 Å². The topological polar surface area (TPSA) is 201 Å². The number of unbranched alkanes of at least 4 members (excludes halogenated alkanes) is 10. The highest BCUT2D eigenvalue weighted by Crippen LogP contribution is 2.25. The highest BCUT2D eigenvalue weighted by atomic mass is 16.7. The number of hydrogen-bond donors (Lipinski definition) is 8. The molecule has 1 rings (SSSR count). The lowest BCUT2D eigenvalue weighted by atomic mass is 9.98. The molecule has 12 heteroatoms. The molecule has 0 aromatic heterocycles. The Morgan fingerprint density at radius 1 is 0.821 bits per heavy atom. The van der Waals surface area contributed by atoms with Crippen LogP contribution in [-0.4, -0.2) is 134 Å². The average Bonchev–Trinajstić information content (AvgIpc) is 2.93. The van der Waals surface area contributed by atoms with Crippen molar-refractivity contribution in [3.8, 4) is 0 Å². The molecule has 1 aliphatic rings. The molecule has 0 radical (unpaired) electrons. The predicted molar refractivity (Wildman–Crippen MR) is 142 cm³/mol. The van der Waals surface area contributed by atoms with Gasteiger partial charge in [0.1, 0.15) is 48.8 Å². The first-order valence-corrected chi connectivity index (χ1v) is 14.4. The van der Waals surface area contributed by atoms with Gasteiger partial charge in [0.05, 0.1) is 13.2 Å². The zero-order valence-corrected chi connectivity index (χ0v) is 23.6. The van der Waals surface area contributed by atoms with E-state index in [2.05, 4.69) is 6.92 Å². The summed E-state index contributed by atoms with van der Waals surface area (Å²) in [5.74, 6) is -0.216. The maximum absolute atomic E-state index is 12.5. The molecule has 0 bridgehead atoms. The molecule has 1 heterocycles. The van der Waals surface area contributed by atoms with E-state index in [0.717, 1.165) is 19.3 Å². The zero-order valence-electron chi connectivity index (χ0n) is 23.6. The van der Waals surface area contributed by atoms with Crippen molar-refractivity contribution in [1.29, 1.82) is 0 Å². The standard InChI is InChI=1S/C27H53NO11/c1-3-4-5-6-7-8-9-10-11-12-13-14-21(33)28(2)15-18(31)22(34)26(19(32)16-29)39-27-25(37)24(36)23(35)20(17-30)38-27/h18-20,22-27,29-32,34-37H,3-17H2,1-2H3/t18-,19+,20+,22+,23-,24-,25+,26+,27-/m0/s1. The van der Waals surface area contributed by atoms with Crippen LogP contribution in [0.25, 0.3) is 0 Å². The lowest BCUT2D eigenvalue weighted by Gasteiger charge is -2.42. The first-order chi connectivity index (χ1) is 18.6. The summed E-state index contributed by atoms with van der Waals surface area (Å²) in [5.41, 5.74) is 0. The molecule has 0 aliphatic carbocycles. The number of rotatable bonds is 21.